The molecule has 176 valence electrons. The molecule has 2 aromatic rings. The van der Waals surface area contributed by atoms with Crippen LogP contribution >= 0.6 is 0 Å². The van der Waals surface area contributed by atoms with Crippen LogP contribution < -0.4 is 24.8 Å². The Bertz CT molecular complexity index is 941. The van der Waals surface area contributed by atoms with Gasteiger partial charge in [-0.1, -0.05) is 36.4 Å². The van der Waals surface area contributed by atoms with Crippen LogP contribution in [0.4, 0.5) is 0 Å². The minimum absolute atomic E-state index is 0.0591. The second-order valence-corrected chi connectivity index (χ2v) is 8.59. The molecule has 2 heterocycles. The van der Waals surface area contributed by atoms with E-state index in [-0.39, 0.29) is 6.04 Å². The van der Waals surface area contributed by atoms with Gasteiger partial charge in [-0.2, -0.15) is 0 Å². The molecule has 2 aliphatic rings. The van der Waals surface area contributed by atoms with Crippen molar-refractivity contribution in [2.75, 3.05) is 41.0 Å². The third kappa shape index (κ3) is 5.89. The highest BCUT2D eigenvalue weighted by atomic mass is 16.5. The topological polar surface area (TPSA) is 55.0 Å². The molecule has 33 heavy (non-hydrogen) atoms. The minimum Gasteiger partial charge on any atom is -0.493 e. The van der Waals surface area contributed by atoms with Crippen LogP contribution in [-0.2, 0) is 6.54 Å². The van der Waals surface area contributed by atoms with E-state index in [1.165, 1.54) is 24.0 Å². The van der Waals surface area contributed by atoms with Gasteiger partial charge in [0, 0.05) is 19.1 Å². The number of nitrogens with one attached hydrogen (secondary N) is 2. The smallest absolute Gasteiger partial charge is 0.203 e. The van der Waals surface area contributed by atoms with Gasteiger partial charge in [-0.3, -0.25) is 4.90 Å². The number of nitrogens with zero attached hydrogens (tertiary/aromatic N) is 1. The zero-order chi connectivity index (χ0) is 23.0. The zero-order valence-electron chi connectivity index (χ0n) is 19.8. The second-order valence-electron chi connectivity index (χ2n) is 8.59. The Morgan fingerprint density at radius 3 is 2.30 bits per heavy atom. The number of hydrogen-bond donors (Lipinski definition) is 2. The summed E-state index contributed by atoms with van der Waals surface area (Å²) in [5.74, 6) is 1.95. The quantitative estimate of drug-likeness (QED) is 0.602. The van der Waals surface area contributed by atoms with Crippen molar-refractivity contribution in [3.63, 3.8) is 0 Å². The van der Waals surface area contributed by atoms with Crippen molar-refractivity contribution in [1.29, 1.82) is 0 Å². The lowest BCUT2D eigenvalue weighted by Crippen LogP contribution is -2.42. The lowest BCUT2D eigenvalue weighted by Gasteiger charge is -2.33. The lowest BCUT2D eigenvalue weighted by atomic mass is 9.99. The van der Waals surface area contributed by atoms with Crippen LogP contribution in [0.1, 0.15) is 30.0 Å². The first-order chi connectivity index (χ1) is 16.2. The number of dihydropyridines is 1. The first-order valence-corrected chi connectivity index (χ1v) is 11.6. The van der Waals surface area contributed by atoms with Crippen molar-refractivity contribution in [3.8, 4) is 17.2 Å². The average molecular weight is 450 g/mol. The van der Waals surface area contributed by atoms with Crippen LogP contribution in [0.2, 0.25) is 0 Å². The van der Waals surface area contributed by atoms with Crippen LogP contribution in [0.15, 0.2) is 66.4 Å². The van der Waals surface area contributed by atoms with Crippen LogP contribution in [0.5, 0.6) is 17.2 Å². The van der Waals surface area contributed by atoms with E-state index < -0.39 is 0 Å². The Labute approximate surface area is 197 Å². The third-order valence-corrected chi connectivity index (χ3v) is 6.43. The van der Waals surface area contributed by atoms with Crippen molar-refractivity contribution >= 4 is 0 Å². The molecule has 1 unspecified atom stereocenters. The van der Waals surface area contributed by atoms with Crippen molar-refractivity contribution in [2.24, 2.45) is 0 Å². The van der Waals surface area contributed by atoms with Crippen LogP contribution in [0.25, 0.3) is 0 Å². The molecule has 1 saturated heterocycles. The number of piperidine rings is 1. The minimum atomic E-state index is 0.0591. The fourth-order valence-corrected chi connectivity index (χ4v) is 4.57. The van der Waals surface area contributed by atoms with E-state index in [1.807, 2.05) is 18.3 Å². The van der Waals surface area contributed by atoms with Crippen LogP contribution in [-0.4, -0.2) is 51.9 Å². The first kappa shape index (κ1) is 23.2. The molecule has 0 radical (unpaired) electrons. The lowest BCUT2D eigenvalue weighted by molar-refractivity contribution is 0.211. The van der Waals surface area contributed by atoms with E-state index in [1.54, 1.807) is 21.3 Å². The largest absolute Gasteiger partial charge is 0.493 e. The Morgan fingerprint density at radius 1 is 0.970 bits per heavy atom. The number of hydrogen-bond acceptors (Lipinski definition) is 6. The molecule has 6 nitrogen and oxygen atoms in total. The number of methoxy groups -OCH3 is 3. The number of ether oxygens (including phenoxy) is 3. The number of benzene rings is 2. The highest BCUT2D eigenvalue weighted by Gasteiger charge is 2.22. The summed E-state index contributed by atoms with van der Waals surface area (Å²) in [5.41, 5.74) is 3.75. The molecular weight excluding hydrogens is 414 g/mol. The summed E-state index contributed by atoms with van der Waals surface area (Å²) in [6, 6.07) is 15.3. The summed E-state index contributed by atoms with van der Waals surface area (Å²) in [7, 11) is 4.92. The van der Waals surface area contributed by atoms with Gasteiger partial charge in [0.25, 0.3) is 0 Å². The normalized spacial score (nSPS) is 19.0. The zero-order valence-corrected chi connectivity index (χ0v) is 19.8. The molecule has 0 bridgehead atoms. The molecule has 2 aliphatic heterocycles. The predicted octanol–water partition coefficient (Wildman–Crippen LogP) is 4.05. The van der Waals surface area contributed by atoms with Gasteiger partial charge in [-0.05, 0) is 67.0 Å². The summed E-state index contributed by atoms with van der Waals surface area (Å²) >= 11 is 0. The Balaban J connectivity index is 1.34. The van der Waals surface area contributed by atoms with E-state index in [2.05, 4.69) is 58.0 Å². The Kier molecular flexibility index (Phi) is 7.92. The fourth-order valence-electron chi connectivity index (χ4n) is 4.57. The van der Waals surface area contributed by atoms with Crippen molar-refractivity contribution in [2.45, 2.75) is 31.5 Å². The number of likely N-dealkylation sites (tertiary alicyclic amines) is 1. The van der Waals surface area contributed by atoms with Gasteiger partial charge >= 0.3 is 0 Å². The maximum absolute atomic E-state index is 5.53. The summed E-state index contributed by atoms with van der Waals surface area (Å²) < 4.78 is 16.5. The summed E-state index contributed by atoms with van der Waals surface area (Å²) in [6.45, 7) is 4.13. The highest BCUT2D eigenvalue weighted by molar-refractivity contribution is 5.55. The van der Waals surface area contributed by atoms with Crippen LogP contribution in [0, 0.1) is 0 Å². The van der Waals surface area contributed by atoms with E-state index in [0.717, 1.165) is 31.7 Å². The SMILES string of the molecule is COc1cc(C2C=C(CN3CCC(NCc4ccccc4)CC3)C=CN2)cc(OC)c1OC. The van der Waals surface area contributed by atoms with Gasteiger partial charge in [0.15, 0.2) is 11.5 Å². The predicted molar refractivity (Wildman–Crippen MR) is 132 cm³/mol. The van der Waals surface area contributed by atoms with Crippen molar-refractivity contribution < 1.29 is 14.2 Å². The summed E-state index contributed by atoms with van der Waals surface area (Å²) in [6.07, 6.45) is 8.86. The molecule has 0 aromatic heterocycles. The maximum Gasteiger partial charge on any atom is 0.203 e. The van der Waals surface area contributed by atoms with Gasteiger partial charge in [0.2, 0.25) is 5.75 Å². The molecule has 6 heteroatoms. The van der Waals surface area contributed by atoms with Crippen molar-refractivity contribution in [1.82, 2.24) is 15.5 Å². The molecule has 0 amide bonds. The average Bonchev–Trinajstić information content (AvgIpc) is 2.88. The van der Waals surface area contributed by atoms with Crippen LogP contribution in [0.3, 0.4) is 0 Å². The summed E-state index contributed by atoms with van der Waals surface area (Å²) in [5, 5.41) is 7.17. The first-order valence-electron chi connectivity index (χ1n) is 11.6. The number of rotatable bonds is 9. The van der Waals surface area contributed by atoms with Gasteiger partial charge in [-0.25, -0.2) is 0 Å². The summed E-state index contributed by atoms with van der Waals surface area (Å²) in [4.78, 5) is 2.55. The Morgan fingerprint density at radius 2 is 1.67 bits per heavy atom. The molecular formula is C27H35N3O3. The molecule has 2 N–H and O–H groups in total. The van der Waals surface area contributed by atoms with E-state index >= 15 is 0 Å². The van der Waals surface area contributed by atoms with Crippen molar-refractivity contribution in [3.05, 3.63) is 77.5 Å². The monoisotopic (exact) mass is 449 g/mol. The maximum atomic E-state index is 5.53. The van der Waals surface area contributed by atoms with Gasteiger partial charge in [-0.15, -0.1) is 0 Å². The molecule has 0 saturated carbocycles. The molecule has 2 aromatic carbocycles. The fraction of sp³-hybridized carbons (Fsp3) is 0.407. The molecule has 4 rings (SSSR count). The van der Waals surface area contributed by atoms with Gasteiger partial charge in [0.1, 0.15) is 0 Å². The second kappa shape index (κ2) is 11.3. The highest BCUT2D eigenvalue weighted by Crippen LogP contribution is 2.40. The van der Waals surface area contributed by atoms with E-state index in [0.29, 0.717) is 23.3 Å². The molecule has 1 fully saturated rings. The van der Waals surface area contributed by atoms with E-state index in [4.69, 9.17) is 14.2 Å². The molecule has 0 aliphatic carbocycles. The third-order valence-electron chi connectivity index (χ3n) is 6.43. The molecule has 1 atom stereocenters. The Hall–Kier alpha value is -2.96. The van der Waals surface area contributed by atoms with Gasteiger partial charge < -0.3 is 24.8 Å². The molecule has 0 spiro atoms. The van der Waals surface area contributed by atoms with Gasteiger partial charge in [0.05, 0.1) is 27.4 Å². The standard InChI is InChI=1S/C27H35N3O3/c1-31-25-16-22(17-26(32-2)27(25)33-3)24-15-21(9-12-28-24)19-30-13-10-23(11-14-30)29-18-20-7-5-4-6-8-20/h4-9,12,15-17,23-24,28-29H,10-11,13-14,18-19H2,1-3H3. The van der Waals surface area contributed by atoms with E-state index in [9.17, 15) is 0 Å².